The molecule has 0 saturated heterocycles. The molecule has 0 fully saturated rings. The summed E-state index contributed by atoms with van der Waals surface area (Å²) in [6, 6.07) is 21.0. The first-order valence-electron chi connectivity index (χ1n) is 13.9. The van der Waals surface area contributed by atoms with E-state index < -0.39 is 5.60 Å². The van der Waals surface area contributed by atoms with Crippen LogP contribution in [0.15, 0.2) is 72.4 Å². The van der Waals surface area contributed by atoms with Crippen molar-refractivity contribution in [2.75, 3.05) is 0 Å². The molecule has 0 bridgehead atoms. The Balaban J connectivity index is 0.000000307. The van der Waals surface area contributed by atoms with Crippen LogP contribution in [0.25, 0.3) is 16.7 Å². The molecule has 6 nitrogen and oxygen atoms in total. The summed E-state index contributed by atoms with van der Waals surface area (Å²) in [7, 11) is 2.72. The Morgan fingerprint density at radius 3 is 2.38 bits per heavy atom. The topological polar surface area (TPSA) is 102 Å². The molecule has 0 saturated carbocycles. The molecule has 3 aromatic rings. The van der Waals surface area contributed by atoms with Crippen LogP contribution in [0.2, 0.25) is 0 Å². The van der Waals surface area contributed by atoms with Crippen LogP contribution >= 0.6 is 9.24 Å². The first kappa shape index (κ1) is 30.9. The largest absolute Gasteiger partial charge is 0.508 e. The Morgan fingerprint density at radius 2 is 1.75 bits per heavy atom. The monoisotopic (exact) mass is 560 g/mol. The van der Waals surface area contributed by atoms with Crippen molar-refractivity contribution in [1.82, 2.24) is 5.32 Å². The highest BCUT2D eigenvalue weighted by molar-refractivity contribution is 7.28. The van der Waals surface area contributed by atoms with Gasteiger partial charge in [0.1, 0.15) is 5.75 Å². The number of hydrogen-bond donors (Lipinski definition) is 3. The standard InChI is InChI=1S/C23H28NO3P.C10H13NO/c1-4-6-10-23(5-2)21(24)20(22(26)27-23)17-13-19(28)18(11-14(17)3)15-8-7-9-16(25)12-15;1-2-10(12)11-8-9-6-4-3-5-7-9/h7-9,11-13,25H,4-6,10,24,28H2,1-3H3;3-7H,2,8H2,1H3,(H,11,12). The molecular formula is C33H41N2O4P. The van der Waals surface area contributed by atoms with Crippen molar-refractivity contribution in [2.24, 2.45) is 5.73 Å². The quantitative estimate of drug-likeness (QED) is 0.215. The number of amides is 1. The van der Waals surface area contributed by atoms with Crippen LogP contribution in [0.4, 0.5) is 0 Å². The molecule has 1 aliphatic rings. The van der Waals surface area contributed by atoms with E-state index >= 15 is 0 Å². The Labute approximate surface area is 240 Å². The second kappa shape index (κ2) is 14.1. The lowest BCUT2D eigenvalue weighted by molar-refractivity contribution is -0.146. The number of aromatic hydroxyl groups is 1. The summed E-state index contributed by atoms with van der Waals surface area (Å²) < 4.78 is 5.83. The molecule has 4 N–H and O–H groups in total. The molecule has 40 heavy (non-hydrogen) atoms. The van der Waals surface area contributed by atoms with Crippen molar-refractivity contribution in [2.45, 2.75) is 71.9 Å². The molecule has 0 spiro atoms. The van der Waals surface area contributed by atoms with Crippen molar-refractivity contribution < 1.29 is 19.4 Å². The Hall–Kier alpha value is -3.63. The number of nitrogens with one attached hydrogen (secondary N) is 1. The zero-order valence-electron chi connectivity index (χ0n) is 23.9. The third-order valence-electron chi connectivity index (χ3n) is 7.23. The summed E-state index contributed by atoms with van der Waals surface area (Å²) in [6.45, 7) is 8.58. The van der Waals surface area contributed by atoms with Gasteiger partial charge in [0.25, 0.3) is 0 Å². The van der Waals surface area contributed by atoms with Gasteiger partial charge in [0.05, 0.1) is 11.3 Å². The average Bonchev–Trinajstić information content (AvgIpc) is 3.21. The maximum absolute atomic E-state index is 12.8. The van der Waals surface area contributed by atoms with Gasteiger partial charge in [0.15, 0.2) is 5.60 Å². The molecular weight excluding hydrogens is 519 g/mol. The second-order valence-electron chi connectivity index (χ2n) is 10.1. The molecule has 0 aliphatic carbocycles. The van der Waals surface area contributed by atoms with E-state index in [9.17, 15) is 14.7 Å². The summed E-state index contributed by atoms with van der Waals surface area (Å²) in [5.74, 6) is -0.0227. The van der Waals surface area contributed by atoms with Crippen LogP contribution in [0.3, 0.4) is 0 Å². The zero-order chi connectivity index (χ0) is 29.3. The molecule has 212 valence electrons. The van der Waals surface area contributed by atoms with Crippen molar-refractivity contribution in [1.29, 1.82) is 0 Å². The molecule has 3 aromatic carbocycles. The number of benzene rings is 3. The smallest absolute Gasteiger partial charge is 0.341 e. The van der Waals surface area contributed by atoms with E-state index in [-0.39, 0.29) is 17.6 Å². The van der Waals surface area contributed by atoms with Crippen molar-refractivity contribution >= 4 is 32.0 Å². The molecule has 1 aliphatic heterocycles. The number of ether oxygens (including phenoxy) is 1. The van der Waals surface area contributed by atoms with Crippen LogP contribution in [0, 0.1) is 6.92 Å². The number of phenols is 1. The van der Waals surface area contributed by atoms with Gasteiger partial charge in [-0.3, -0.25) is 4.79 Å². The number of aryl methyl sites for hydroxylation is 1. The van der Waals surface area contributed by atoms with E-state index in [4.69, 9.17) is 10.5 Å². The van der Waals surface area contributed by atoms with E-state index in [1.165, 1.54) is 0 Å². The highest BCUT2D eigenvalue weighted by Gasteiger charge is 2.45. The predicted octanol–water partition coefficient (Wildman–Crippen LogP) is 6.15. The normalized spacial score (nSPS) is 16.3. The van der Waals surface area contributed by atoms with Crippen LogP contribution in [-0.2, 0) is 20.9 Å². The number of esters is 1. The number of unbranched alkanes of at least 4 members (excludes halogenated alkanes) is 1. The highest BCUT2D eigenvalue weighted by atomic mass is 31.0. The van der Waals surface area contributed by atoms with Gasteiger partial charge in [-0.25, -0.2) is 4.79 Å². The highest BCUT2D eigenvalue weighted by Crippen LogP contribution is 2.42. The molecule has 4 rings (SSSR count). The van der Waals surface area contributed by atoms with Crippen molar-refractivity contribution in [3.8, 4) is 16.9 Å². The van der Waals surface area contributed by atoms with E-state index in [0.717, 1.165) is 52.4 Å². The fourth-order valence-electron chi connectivity index (χ4n) is 4.80. The molecule has 2 atom stereocenters. The summed E-state index contributed by atoms with van der Waals surface area (Å²) in [5, 5.41) is 13.5. The van der Waals surface area contributed by atoms with E-state index in [0.29, 0.717) is 30.7 Å². The third kappa shape index (κ3) is 7.31. The van der Waals surface area contributed by atoms with E-state index in [1.54, 1.807) is 12.1 Å². The van der Waals surface area contributed by atoms with Crippen LogP contribution in [0.5, 0.6) is 5.75 Å². The summed E-state index contributed by atoms with van der Waals surface area (Å²) >= 11 is 0. The Kier molecular flexibility index (Phi) is 10.9. The van der Waals surface area contributed by atoms with Gasteiger partial charge in [0.2, 0.25) is 5.91 Å². The lowest BCUT2D eigenvalue weighted by Crippen LogP contribution is -2.34. The molecule has 0 radical (unpaired) electrons. The fraction of sp³-hybridized carbons (Fsp3) is 0.333. The number of carbonyl (C=O) groups excluding carboxylic acids is 2. The first-order chi connectivity index (χ1) is 19.2. The summed E-state index contributed by atoms with van der Waals surface area (Å²) in [6.07, 6.45) is 3.94. The van der Waals surface area contributed by atoms with Gasteiger partial charge in [0, 0.05) is 13.0 Å². The Morgan fingerprint density at radius 1 is 1.02 bits per heavy atom. The number of phenolic OH excluding ortho intramolecular Hbond substituents is 1. The van der Waals surface area contributed by atoms with Crippen LogP contribution in [-0.4, -0.2) is 22.6 Å². The van der Waals surface area contributed by atoms with Gasteiger partial charge in [-0.1, -0.05) is 75.7 Å². The minimum absolute atomic E-state index is 0.0962. The third-order valence-corrected chi connectivity index (χ3v) is 7.71. The fourth-order valence-corrected chi connectivity index (χ4v) is 5.22. The van der Waals surface area contributed by atoms with Gasteiger partial charge < -0.3 is 20.9 Å². The van der Waals surface area contributed by atoms with Gasteiger partial charge in [-0.15, -0.1) is 9.24 Å². The lowest BCUT2D eigenvalue weighted by Gasteiger charge is -2.27. The summed E-state index contributed by atoms with van der Waals surface area (Å²) in [5.41, 5.74) is 11.7. The zero-order valence-corrected chi connectivity index (χ0v) is 25.1. The van der Waals surface area contributed by atoms with Crippen LogP contribution < -0.4 is 16.4 Å². The maximum atomic E-state index is 12.8. The number of nitrogens with two attached hydrogens (primary N) is 1. The number of rotatable bonds is 9. The SMILES string of the molecule is CCC(=O)NCc1ccccc1.CCCCC1(CC)OC(=O)C(c2cc(P)c(-c3cccc(O)c3)cc2C)=C1N. The number of carbonyl (C=O) groups is 2. The second-order valence-corrected chi connectivity index (χ2v) is 10.7. The number of hydrogen-bond acceptors (Lipinski definition) is 5. The predicted molar refractivity (Wildman–Crippen MR) is 166 cm³/mol. The molecule has 1 heterocycles. The van der Waals surface area contributed by atoms with Gasteiger partial charge >= 0.3 is 5.97 Å². The molecule has 2 unspecified atom stereocenters. The van der Waals surface area contributed by atoms with Crippen molar-refractivity contribution in [3.63, 3.8) is 0 Å². The van der Waals surface area contributed by atoms with E-state index in [2.05, 4.69) is 21.5 Å². The van der Waals surface area contributed by atoms with Crippen molar-refractivity contribution in [3.05, 3.63) is 89.1 Å². The Bertz CT molecular complexity index is 1370. The van der Waals surface area contributed by atoms with Gasteiger partial charge in [-0.2, -0.15) is 0 Å². The van der Waals surface area contributed by atoms with Crippen LogP contribution in [0.1, 0.15) is 69.6 Å². The maximum Gasteiger partial charge on any atom is 0.341 e. The van der Waals surface area contributed by atoms with E-state index in [1.807, 2.05) is 75.4 Å². The van der Waals surface area contributed by atoms with Gasteiger partial charge in [-0.05, 0) is 77.5 Å². The molecule has 7 heteroatoms. The average molecular weight is 561 g/mol. The minimum atomic E-state index is -0.695. The lowest BCUT2D eigenvalue weighted by atomic mass is 9.87. The minimum Gasteiger partial charge on any atom is -0.508 e. The molecule has 1 amide bonds. The number of cyclic esters (lactones) is 1. The summed E-state index contributed by atoms with van der Waals surface area (Å²) in [4.78, 5) is 23.7. The molecule has 0 aromatic heterocycles. The first-order valence-corrected chi connectivity index (χ1v) is 14.5.